The molecule has 0 saturated carbocycles. The highest BCUT2D eigenvalue weighted by atomic mass is 16.6. The summed E-state index contributed by atoms with van der Waals surface area (Å²) >= 11 is 0. The first-order chi connectivity index (χ1) is 34.0. The maximum atomic E-state index is 12.8. The van der Waals surface area contributed by atoms with Gasteiger partial charge in [0.25, 0.3) is 0 Å². The van der Waals surface area contributed by atoms with Gasteiger partial charge in [-0.3, -0.25) is 14.4 Å². The Morgan fingerprint density at radius 1 is 0.304 bits per heavy atom. The third-order valence-corrected chi connectivity index (χ3v) is 12.4. The highest BCUT2D eigenvalue weighted by molar-refractivity contribution is 5.71. The summed E-state index contributed by atoms with van der Waals surface area (Å²) in [6.45, 7) is 6.49. The predicted molar refractivity (Wildman–Crippen MR) is 297 cm³/mol. The number of ether oxygens (including phenoxy) is 3. The van der Waals surface area contributed by atoms with Gasteiger partial charge in [-0.05, 0) is 96.3 Å². The number of hydrogen-bond donors (Lipinski definition) is 0. The molecule has 1 atom stereocenters. The summed E-state index contributed by atoms with van der Waals surface area (Å²) in [7, 11) is 0. The first-order valence-corrected chi connectivity index (χ1v) is 29.1. The van der Waals surface area contributed by atoms with Crippen molar-refractivity contribution in [3.05, 3.63) is 85.1 Å². The predicted octanol–water partition coefficient (Wildman–Crippen LogP) is 19.5. The fraction of sp³-hybridized carbons (Fsp3) is 0.730. The first-order valence-electron chi connectivity index (χ1n) is 29.1. The number of allylic oxidation sites excluding steroid dienone is 14. The lowest BCUT2D eigenvalue weighted by atomic mass is 10.1. The summed E-state index contributed by atoms with van der Waals surface area (Å²) < 4.78 is 16.8. The average Bonchev–Trinajstić information content (AvgIpc) is 3.35. The Morgan fingerprint density at radius 3 is 0.913 bits per heavy atom. The zero-order valence-electron chi connectivity index (χ0n) is 45.3. The van der Waals surface area contributed by atoms with Crippen LogP contribution in [0.25, 0.3) is 0 Å². The second-order valence-electron chi connectivity index (χ2n) is 19.2. The summed E-state index contributed by atoms with van der Waals surface area (Å²) in [4.78, 5) is 38.0. The zero-order valence-corrected chi connectivity index (χ0v) is 45.3. The van der Waals surface area contributed by atoms with Crippen LogP contribution in [-0.2, 0) is 28.6 Å². The van der Waals surface area contributed by atoms with E-state index in [-0.39, 0.29) is 31.1 Å². The minimum Gasteiger partial charge on any atom is -0.462 e. The molecule has 6 nitrogen and oxygen atoms in total. The lowest BCUT2D eigenvalue weighted by Gasteiger charge is -2.18. The topological polar surface area (TPSA) is 78.9 Å². The molecule has 6 heteroatoms. The third-order valence-electron chi connectivity index (χ3n) is 12.4. The zero-order chi connectivity index (χ0) is 50.0. The van der Waals surface area contributed by atoms with E-state index in [4.69, 9.17) is 14.2 Å². The molecule has 0 aromatic carbocycles. The van der Waals surface area contributed by atoms with Gasteiger partial charge in [0.1, 0.15) is 13.2 Å². The van der Waals surface area contributed by atoms with Gasteiger partial charge in [-0.2, -0.15) is 0 Å². The summed E-state index contributed by atoms with van der Waals surface area (Å²) in [6, 6.07) is 0. The molecule has 0 saturated heterocycles. The third kappa shape index (κ3) is 55.4. The van der Waals surface area contributed by atoms with Crippen LogP contribution in [0.1, 0.15) is 278 Å². The van der Waals surface area contributed by atoms with Gasteiger partial charge in [-0.15, -0.1) is 0 Å². The van der Waals surface area contributed by atoms with Crippen LogP contribution >= 0.6 is 0 Å². The van der Waals surface area contributed by atoms with Crippen LogP contribution in [0.3, 0.4) is 0 Å². The maximum absolute atomic E-state index is 12.8. The van der Waals surface area contributed by atoms with E-state index in [1.165, 1.54) is 128 Å². The molecular formula is C63H108O6. The van der Waals surface area contributed by atoms with Crippen molar-refractivity contribution < 1.29 is 28.6 Å². The minimum absolute atomic E-state index is 0.0785. The van der Waals surface area contributed by atoms with Crippen molar-refractivity contribution >= 4 is 17.9 Å². The van der Waals surface area contributed by atoms with E-state index in [1.807, 2.05) is 0 Å². The van der Waals surface area contributed by atoms with E-state index >= 15 is 0 Å². The largest absolute Gasteiger partial charge is 0.462 e. The van der Waals surface area contributed by atoms with E-state index in [9.17, 15) is 14.4 Å². The number of rotatable bonds is 52. The van der Waals surface area contributed by atoms with E-state index in [0.717, 1.165) is 109 Å². The molecule has 0 aromatic rings. The van der Waals surface area contributed by atoms with Gasteiger partial charge in [0.05, 0.1) is 0 Å². The van der Waals surface area contributed by atoms with Crippen molar-refractivity contribution in [2.45, 2.75) is 284 Å². The molecule has 0 N–H and O–H groups in total. The van der Waals surface area contributed by atoms with Gasteiger partial charge < -0.3 is 14.2 Å². The Kier molecular flexibility index (Phi) is 54.3. The number of carbonyl (C=O) groups excluding carboxylic acids is 3. The molecule has 0 heterocycles. The molecule has 0 aliphatic rings. The van der Waals surface area contributed by atoms with Crippen molar-refractivity contribution in [1.82, 2.24) is 0 Å². The Labute approximate surface area is 426 Å². The van der Waals surface area contributed by atoms with Gasteiger partial charge in [-0.1, -0.05) is 247 Å². The molecule has 1 unspecified atom stereocenters. The van der Waals surface area contributed by atoms with Crippen LogP contribution in [0.4, 0.5) is 0 Å². The molecule has 0 spiro atoms. The monoisotopic (exact) mass is 961 g/mol. The number of hydrogen-bond acceptors (Lipinski definition) is 6. The first kappa shape index (κ1) is 65.6. The Morgan fingerprint density at radius 2 is 0.565 bits per heavy atom. The maximum Gasteiger partial charge on any atom is 0.306 e. The number of unbranched alkanes of at least 4 members (excludes halogenated alkanes) is 27. The van der Waals surface area contributed by atoms with Crippen molar-refractivity contribution in [2.24, 2.45) is 0 Å². The number of carbonyl (C=O) groups is 3. The van der Waals surface area contributed by atoms with Gasteiger partial charge in [0.2, 0.25) is 0 Å². The summed E-state index contributed by atoms with van der Waals surface area (Å²) in [5.41, 5.74) is 0. The van der Waals surface area contributed by atoms with E-state index < -0.39 is 6.10 Å². The molecule has 0 rings (SSSR count). The highest BCUT2D eigenvalue weighted by Gasteiger charge is 2.19. The highest BCUT2D eigenvalue weighted by Crippen LogP contribution is 2.15. The van der Waals surface area contributed by atoms with E-state index in [0.29, 0.717) is 19.3 Å². The van der Waals surface area contributed by atoms with Crippen LogP contribution in [0.5, 0.6) is 0 Å². The fourth-order valence-corrected chi connectivity index (χ4v) is 8.03. The summed E-state index contributed by atoms with van der Waals surface area (Å²) in [5.74, 6) is -0.890. The Hall–Kier alpha value is -3.41. The molecule has 0 fully saturated rings. The lowest BCUT2D eigenvalue weighted by Crippen LogP contribution is -2.30. The van der Waals surface area contributed by atoms with Crippen molar-refractivity contribution in [3.63, 3.8) is 0 Å². The van der Waals surface area contributed by atoms with Gasteiger partial charge in [0, 0.05) is 19.3 Å². The molecule has 396 valence electrons. The molecule has 0 radical (unpaired) electrons. The second-order valence-corrected chi connectivity index (χ2v) is 19.2. The number of esters is 3. The molecule has 69 heavy (non-hydrogen) atoms. The molecular weight excluding hydrogens is 853 g/mol. The van der Waals surface area contributed by atoms with Gasteiger partial charge in [0.15, 0.2) is 6.10 Å². The summed E-state index contributed by atoms with van der Waals surface area (Å²) in [6.07, 6.45) is 74.5. The van der Waals surface area contributed by atoms with Crippen LogP contribution in [0.2, 0.25) is 0 Å². The normalized spacial score (nSPS) is 12.7. The van der Waals surface area contributed by atoms with Crippen LogP contribution in [0.15, 0.2) is 85.1 Å². The molecule has 0 amide bonds. The molecule has 0 aliphatic carbocycles. The SMILES string of the molecule is CC/C=C\C/C=C\C/C=C\C/C=C\C/C=C\C/C=C\CCCCCCCCCCCCC(=O)OCC(COC(=O)CCCCCCCCCCC)OC(=O)CCCCCCC/C=C\CCCCCC. The second kappa shape index (κ2) is 57.2. The average molecular weight is 962 g/mol. The lowest BCUT2D eigenvalue weighted by molar-refractivity contribution is -0.167. The van der Waals surface area contributed by atoms with E-state index in [1.54, 1.807) is 0 Å². The Balaban J connectivity index is 4.17. The van der Waals surface area contributed by atoms with Crippen LogP contribution in [0, 0.1) is 0 Å². The smallest absolute Gasteiger partial charge is 0.306 e. The molecule has 0 aromatic heterocycles. The quantitative estimate of drug-likeness (QED) is 0.0262. The van der Waals surface area contributed by atoms with Gasteiger partial charge in [-0.25, -0.2) is 0 Å². The van der Waals surface area contributed by atoms with Crippen LogP contribution in [-0.4, -0.2) is 37.2 Å². The summed E-state index contributed by atoms with van der Waals surface area (Å²) in [5, 5.41) is 0. The van der Waals surface area contributed by atoms with Crippen LogP contribution < -0.4 is 0 Å². The van der Waals surface area contributed by atoms with E-state index in [2.05, 4.69) is 106 Å². The minimum atomic E-state index is -0.779. The van der Waals surface area contributed by atoms with Crippen molar-refractivity contribution in [3.8, 4) is 0 Å². The molecule has 0 aliphatic heterocycles. The van der Waals surface area contributed by atoms with Gasteiger partial charge >= 0.3 is 17.9 Å². The van der Waals surface area contributed by atoms with Crippen molar-refractivity contribution in [1.29, 1.82) is 0 Å². The molecule has 0 bridgehead atoms. The Bertz CT molecular complexity index is 1330. The van der Waals surface area contributed by atoms with Crippen molar-refractivity contribution in [2.75, 3.05) is 13.2 Å². The fourth-order valence-electron chi connectivity index (χ4n) is 8.03. The standard InChI is InChI=1S/C63H108O6/c1-4-7-10-13-16-19-21-23-24-25-26-27-28-29-30-31-32-33-34-35-36-37-38-40-41-44-47-50-53-56-62(65)68-59-60(58-67-61(64)55-52-49-46-43-18-15-12-9-6-3)69-63(66)57-54-51-48-45-42-39-22-20-17-14-11-8-5-2/h7,10,16,19-20,22-24,26-27,29-30,32-33,60H,4-6,8-9,11-15,17-18,21,25,28,31,34-59H2,1-3H3/b10-7-,19-16-,22-20-,24-23-,27-26-,30-29-,33-32-.